The highest BCUT2D eigenvalue weighted by Crippen LogP contribution is 2.20. The minimum Gasteiger partial charge on any atom is -0.0654 e. The van der Waals surface area contributed by atoms with Gasteiger partial charge in [-0.3, -0.25) is 0 Å². The molecule has 0 saturated carbocycles. The summed E-state index contributed by atoms with van der Waals surface area (Å²) in [4.78, 5) is 0. The smallest absolute Gasteiger partial charge is 0.0417 e. The third kappa shape index (κ3) is 16.2. The van der Waals surface area contributed by atoms with Crippen molar-refractivity contribution in [2.75, 3.05) is 0 Å². The molecule has 0 N–H and O–H groups in total. The first kappa shape index (κ1) is 21.0. The molecule has 0 heterocycles. The number of hydrogen-bond donors (Lipinski definition) is 0. The zero-order chi connectivity index (χ0) is 15.6. The average molecular weight is 297 g/mol. The zero-order valence-electron chi connectivity index (χ0n) is 15.6. The molecular weight excluding hydrogens is 252 g/mol. The third-order valence-electron chi connectivity index (χ3n) is 5.01. The van der Waals surface area contributed by atoms with E-state index in [2.05, 4.69) is 20.8 Å². The van der Waals surface area contributed by atoms with Gasteiger partial charge in [-0.25, -0.2) is 0 Å². The maximum Gasteiger partial charge on any atom is -0.0417 e. The Balaban J connectivity index is 3.14. The van der Waals surface area contributed by atoms with E-state index < -0.39 is 0 Å². The molecule has 1 atom stereocenters. The summed E-state index contributed by atoms with van der Waals surface area (Å²) in [5, 5.41) is 0. The van der Waals surface area contributed by atoms with E-state index >= 15 is 0 Å². The Labute approximate surface area is 136 Å². The lowest BCUT2D eigenvalue weighted by molar-refractivity contribution is 0.399. The molecule has 21 heavy (non-hydrogen) atoms. The molecule has 0 aromatic rings. The fourth-order valence-corrected chi connectivity index (χ4v) is 3.32. The highest BCUT2D eigenvalue weighted by Gasteiger charge is 2.04. The summed E-state index contributed by atoms with van der Waals surface area (Å²) >= 11 is 0. The van der Waals surface area contributed by atoms with Gasteiger partial charge in [0.25, 0.3) is 0 Å². The molecule has 1 unspecified atom stereocenters. The molecule has 0 aliphatic carbocycles. The van der Waals surface area contributed by atoms with Crippen LogP contribution in [0.2, 0.25) is 0 Å². The number of rotatable bonds is 17. The van der Waals surface area contributed by atoms with Crippen molar-refractivity contribution in [3.05, 3.63) is 0 Å². The minimum absolute atomic E-state index is 1.02. The van der Waals surface area contributed by atoms with E-state index in [1.165, 1.54) is 109 Å². The average Bonchev–Trinajstić information content (AvgIpc) is 2.51. The quantitative estimate of drug-likeness (QED) is 0.237. The van der Waals surface area contributed by atoms with Gasteiger partial charge in [0.05, 0.1) is 0 Å². The molecule has 0 bridgehead atoms. The molecule has 0 saturated heterocycles. The number of unbranched alkanes of at least 4 members (excludes halogenated alkanes) is 12. The van der Waals surface area contributed by atoms with Gasteiger partial charge in [0.15, 0.2) is 0 Å². The second-order valence-electron chi connectivity index (χ2n) is 7.09. The van der Waals surface area contributed by atoms with E-state index in [9.17, 15) is 0 Å². The number of hydrogen-bond acceptors (Lipinski definition) is 0. The van der Waals surface area contributed by atoms with E-state index in [4.69, 9.17) is 0 Å². The van der Waals surface area contributed by atoms with Gasteiger partial charge in [0, 0.05) is 0 Å². The van der Waals surface area contributed by atoms with Crippen molar-refractivity contribution in [3.63, 3.8) is 0 Å². The Morgan fingerprint density at radius 3 is 1.24 bits per heavy atom. The lowest BCUT2D eigenvalue weighted by Crippen LogP contribution is -1.98. The Hall–Kier alpha value is 0. The van der Waals surface area contributed by atoms with Crippen molar-refractivity contribution < 1.29 is 0 Å². The predicted octanol–water partition coefficient (Wildman–Crippen LogP) is 8.29. The van der Waals surface area contributed by atoms with Gasteiger partial charge in [0.2, 0.25) is 0 Å². The molecule has 0 spiro atoms. The normalized spacial score (nSPS) is 12.7. The van der Waals surface area contributed by atoms with Crippen LogP contribution in [0.15, 0.2) is 0 Å². The minimum atomic E-state index is 1.02. The highest BCUT2D eigenvalue weighted by molar-refractivity contribution is 4.58. The van der Waals surface area contributed by atoms with Crippen LogP contribution in [0.25, 0.3) is 0 Å². The first-order valence-electron chi connectivity index (χ1n) is 10.3. The monoisotopic (exact) mass is 296 g/mol. The van der Waals surface area contributed by atoms with Crippen LogP contribution in [-0.2, 0) is 0 Å². The molecule has 0 fully saturated rings. The summed E-state index contributed by atoms with van der Waals surface area (Å²) in [5.41, 5.74) is 0. The van der Waals surface area contributed by atoms with Crippen molar-refractivity contribution in [1.82, 2.24) is 0 Å². The van der Waals surface area contributed by atoms with Gasteiger partial charge in [-0.15, -0.1) is 0 Å². The molecule has 0 aliphatic heterocycles. The van der Waals surface area contributed by atoms with Crippen LogP contribution in [0.1, 0.15) is 130 Å². The van der Waals surface area contributed by atoms with E-state index in [0.29, 0.717) is 0 Å². The lowest BCUT2D eigenvalue weighted by atomic mass is 9.93. The van der Waals surface area contributed by atoms with Gasteiger partial charge in [-0.05, 0) is 5.92 Å². The third-order valence-corrected chi connectivity index (χ3v) is 5.01. The maximum atomic E-state index is 2.38. The van der Waals surface area contributed by atoms with Crippen LogP contribution in [0.5, 0.6) is 0 Å². The molecule has 0 nitrogen and oxygen atoms in total. The maximum absolute atomic E-state index is 2.38. The molecule has 0 heteroatoms. The summed E-state index contributed by atoms with van der Waals surface area (Å²) in [6.07, 6.45) is 24.8. The summed E-state index contributed by atoms with van der Waals surface area (Å²) in [6, 6.07) is 0. The summed E-state index contributed by atoms with van der Waals surface area (Å²) in [7, 11) is 0. The second-order valence-corrected chi connectivity index (χ2v) is 7.09. The lowest BCUT2D eigenvalue weighted by Gasteiger charge is -2.13. The molecule has 0 amide bonds. The Morgan fingerprint density at radius 1 is 0.429 bits per heavy atom. The molecule has 0 radical (unpaired) electrons. The highest BCUT2D eigenvalue weighted by atomic mass is 14.1. The van der Waals surface area contributed by atoms with Crippen LogP contribution in [0, 0.1) is 5.92 Å². The van der Waals surface area contributed by atoms with Crippen molar-refractivity contribution >= 4 is 0 Å². The Morgan fingerprint density at radius 2 is 0.810 bits per heavy atom. The van der Waals surface area contributed by atoms with Gasteiger partial charge in [-0.1, -0.05) is 130 Å². The fraction of sp³-hybridized carbons (Fsp3) is 1.00. The van der Waals surface area contributed by atoms with Crippen LogP contribution >= 0.6 is 0 Å². The van der Waals surface area contributed by atoms with Gasteiger partial charge in [0.1, 0.15) is 0 Å². The van der Waals surface area contributed by atoms with Crippen LogP contribution in [0.3, 0.4) is 0 Å². The summed E-state index contributed by atoms with van der Waals surface area (Å²) < 4.78 is 0. The molecule has 0 aromatic heterocycles. The van der Waals surface area contributed by atoms with Crippen molar-refractivity contribution in [2.24, 2.45) is 5.92 Å². The second kappa shape index (κ2) is 18.1. The summed E-state index contributed by atoms with van der Waals surface area (Å²) in [6.45, 7) is 6.99. The largest absolute Gasteiger partial charge is 0.0654 e. The Bertz CT molecular complexity index is 173. The zero-order valence-corrected chi connectivity index (χ0v) is 15.6. The predicted molar refractivity (Wildman–Crippen MR) is 99.0 cm³/mol. The molecule has 0 aliphatic rings. The van der Waals surface area contributed by atoms with E-state index in [-0.39, 0.29) is 0 Å². The van der Waals surface area contributed by atoms with Gasteiger partial charge < -0.3 is 0 Å². The standard InChI is InChI=1S/C21H44/c1-4-7-9-10-11-12-13-14-15-16-17-18-20-21(6-3)19-8-5-2/h21H,4-20H2,1-3H3. The first-order valence-corrected chi connectivity index (χ1v) is 10.3. The van der Waals surface area contributed by atoms with E-state index in [1.807, 2.05) is 0 Å². The van der Waals surface area contributed by atoms with E-state index in [1.54, 1.807) is 0 Å². The van der Waals surface area contributed by atoms with Crippen molar-refractivity contribution in [2.45, 2.75) is 130 Å². The molecule has 0 rings (SSSR count). The SMILES string of the molecule is CCCCCCCCCCCCCCC(CC)CCCC. The van der Waals surface area contributed by atoms with Crippen LogP contribution in [0.4, 0.5) is 0 Å². The van der Waals surface area contributed by atoms with Crippen molar-refractivity contribution in [1.29, 1.82) is 0 Å². The fourth-order valence-electron chi connectivity index (χ4n) is 3.32. The van der Waals surface area contributed by atoms with Gasteiger partial charge >= 0.3 is 0 Å². The van der Waals surface area contributed by atoms with Crippen molar-refractivity contribution in [3.8, 4) is 0 Å². The van der Waals surface area contributed by atoms with Crippen LogP contribution < -0.4 is 0 Å². The first-order chi connectivity index (χ1) is 10.3. The van der Waals surface area contributed by atoms with Crippen LogP contribution in [-0.4, -0.2) is 0 Å². The molecule has 0 aromatic carbocycles. The topological polar surface area (TPSA) is 0 Å². The molecule has 128 valence electrons. The van der Waals surface area contributed by atoms with Gasteiger partial charge in [-0.2, -0.15) is 0 Å². The molecular formula is C21H44. The van der Waals surface area contributed by atoms with E-state index in [0.717, 1.165) is 5.92 Å². The Kier molecular flexibility index (Phi) is 18.1. The summed E-state index contributed by atoms with van der Waals surface area (Å²) in [5.74, 6) is 1.02.